The van der Waals surface area contributed by atoms with Crippen LogP contribution in [0.1, 0.15) is 0 Å². The largest absolute Gasteiger partial charge is 0.310 e. The number of anilines is 6. The van der Waals surface area contributed by atoms with Gasteiger partial charge in [0.25, 0.3) is 0 Å². The predicted octanol–water partition coefficient (Wildman–Crippen LogP) is 15.4. The lowest BCUT2D eigenvalue weighted by atomic mass is 10.0. The van der Waals surface area contributed by atoms with Crippen molar-refractivity contribution in [3.63, 3.8) is 0 Å². The van der Waals surface area contributed by atoms with E-state index >= 15 is 0 Å². The average Bonchev–Trinajstić information content (AvgIpc) is 3.32. The van der Waals surface area contributed by atoms with Crippen LogP contribution in [-0.4, -0.2) is 9.97 Å². The molecular formula is C56H38N4. The standard InChI is InChI=1S/C56H38N4/c1-3-20-46(21-4-1)59(50-35-26-39-14-7-8-16-43(39)36-50)48-31-27-41(28-32-48)55-56(58-53-38-45-18-10-9-17-44(45)37-52(53)57-55)42-29-33-49(34-30-42)60(47-22-5-2-6-23-47)54-25-13-19-40-15-11-12-24-51(40)54/h1-38H. The fourth-order valence-electron chi connectivity index (χ4n) is 8.43. The summed E-state index contributed by atoms with van der Waals surface area (Å²) in [5, 5.41) is 7.09. The molecule has 0 atom stereocenters. The molecule has 0 fully saturated rings. The number of aromatic nitrogens is 2. The van der Waals surface area contributed by atoms with Crippen LogP contribution < -0.4 is 9.80 Å². The minimum Gasteiger partial charge on any atom is -0.310 e. The predicted molar refractivity (Wildman–Crippen MR) is 252 cm³/mol. The van der Waals surface area contributed by atoms with Crippen LogP contribution in [0.4, 0.5) is 34.1 Å². The molecule has 0 bridgehead atoms. The highest BCUT2D eigenvalue weighted by atomic mass is 15.1. The van der Waals surface area contributed by atoms with E-state index in [0.29, 0.717) is 0 Å². The van der Waals surface area contributed by atoms with Gasteiger partial charge in [-0.05, 0) is 106 Å². The molecule has 1 heterocycles. The van der Waals surface area contributed by atoms with Gasteiger partial charge in [0, 0.05) is 45.0 Å². The van der Waals surface area contributed by atoms with Crippen molar-refractivity contribution in [2.75, 3.05) is 9.80 Å². The van der Waals surface area contributed by atoms with Crippen molar-refractivity contribution in [3.8, 4) is 22.5 Å². The van der Waals surface area contributed by atoms with Gasteiger partial charge in [0.05, 0.1) is 28.1 Å². The third-order valence-electron chi connectivity index (χ3n) is 11.4. The molecule has 0 aliphatic rings. The smallest absolute Gasteiger partial charge is 0.0973 e. The van der Waals surface area contributed by atoms with E-state index in [9.17, 15) is 0 Å². The minimum atomic E-state index is 0.836. The Hall–Kier alpha value is -8.08. The molecule has 0 saturated heterocycles. The third kappa shape index (κ3) is 6.47. The molecule has 0 saturated carbocycles. The monoisotopic (exact) mass is 766 g/mol. The molecule has 0 N–H and O–H groups in total. The fourth-order valence-corrected chi connectivity index (χ4v) is 8.43. The Balaban J connectivity index is 1.04. The first-order valence-corrected chi connectivity index (χ1v) is 20.3. The summed E-state index contributed by atoms with van der Waals surface area (Å²) >= 11 is 0. The molecular weight excluding hydrogens is 729 g/mol. The molecule has 282 valence electrons. The summed E-state index contributed by atoms with van der Waals surface area (Å²) < 4.78 is 0. The maximum atomic E-state index is 5.40. The Morgan fingerprint density at radius 2 is 0.683 bits per heavy atom. The molecule has 11 rings (SSSR count). The van der Waals surface area contributed by atoms with Crippen molar-refractivity contribution < 1.29 is 0 Å². The summed E-state index contributed by atoms with van der Waals surface area (Å²) in [6.07, 6.45) is 0. The SMILES string of the molecule is c1ccc(N(c2ccc(-c3nc4cc5ccccc5cc4nc3-c3ccc(N(c4ccccc4)c4cccc5ccccc45)cc3)cc2)c2ccc3ccccc3c2)cc1. The van der Waals surface area contributed by atoms with Crippen molar-refractivity contribution in [2.24, 2.45) is 0 Å². The average molecular weight is 767 g/mol. The van der Waals surface area contributed by atoms with Crippen LogP contribution in [0.15, 0.2) is 231 Å². The number of fused-ring (bicyclic) bond motifs is 4. The van der Waals surface area contributed by atoms with E-state index in [1.807, 2.05) is 0 Å². The van der Waals surface area contributed by atoms with Gasteiger partial charge in [-0.25, -0.2) is 9.97 Å². The molecule has 0 radical (unpaired) electrons. The first-order valence-electron chi connectivity index (χ1n) is 20.3. The topological polar surface area (TPSA) is 32.3 Å². The third-order valence-corrected chi connectivity index (χ3v) is 11.4. The van der Waals surface area contributed by atoms with E-state index in [2.05, 4.69) is 240 Å². The highest BCUT2D eigenvalue weighted by molar-refractivity contribution is 6.00. The lowest BCUT2D eigenvalue weighted by Gasteiger charge is -2.27. The molecule has 0 aliphatic carbocycles. The zero-order valence-electron chi connectivity index (χ0n) is 32.7. The summed E-state index contributed by atoms with van der Waals surface area (Å²) in [7, 11) is 0. The van der Waals surface area contributed by atoms with Crippen LogP contribution >= 0.6 is 0 Å². The maximum absolute atomic E-state index is 5.40. The van der Waals surface area contributed by atoms with Crippen LogP contribution in [0.5, 0.6) is 0 Å². The van der Waals surface area contributed by atoms with Gasteiger partial charge in [0.15, 0.2) is 0 Å². The van der Waals surface area contributed by atoms with Crippen LogP contribution in [-0.2, 0) is 0 Å². The zero-order chi connectivity index (χ0) is 39.8. The number of hydrogen-bond donors (Lipinski definition) is 0. The second-order valence-corrected chi connectivity index (χ2v) is 15.1. The van der Waals surface area contributed by atoms with Gasteiger partial charge >= 0.3 is 0 Å². The second kappa shape index (κ2) is 15.0. The maximum Gasteiger partial charge on any atom is 0.0973 e. The lowest BCUT2D eigenvalue weighted by molar-refractivity contribution is 1.27. The lowest BCUT2D eigenvalue weighted by Crippen LogP contribution is -2.10. The number of hydrogen-bond acceptors (Lipinski definition) is 4. The minimum absolute atomic E-state index is 0.836. The van der Waals surface area contributed by atoms with Crippen LogP contribution in [0, 0.1) is 0 Å². The molecule has 0 unspecified atom stereocenters. The van der Waals surface area contributed by atoms with E-state index < -0.39 is 0 Å². The van der Waals surface area contributed by atoms with Gasteiger partial charge < -0.3 is 9.80 Å². The highest BCUT2D eigenvalue weighted by Gasteiger charge is 2.19. The van der Waals surface area contributed by atoms with Crippen LogP contribution in [0.2, 0.25) is 0 Å². The van der Waals surface area contributed by atoms with Crippen LogP contribution in [0.3, 0.4) is 0 Å². The molecule has 10 aromatic carbocycles. The summed E-state index contributed by atoms with van der Waals surface area (Å²) in [5.74, 6) is 0. The van der Waals surface area contributed by atoms with Gasteiger partial charge in [-0.1, -0.05) is 152 Å². The Bertz CT molecular complexity index is 3300. The van der Waals surface area contributed by atoms with Crippen molar-refractivity contribution in [1.29, 1.82) is 0 Å². The van der Waals surface area contributed by atoms with E-state index in [1.54, 1.807) is 0 Å². The fraction of sp³-hybridized carbons (Fsp3) is 0. The van der Waals surface area contributed by atoms with E-state index in [0.717, 1.165) is 78.4 Å². The van der Waals surface area contributed by atoms with Gasteiger partial charge in [0.1, 0.15) is 0 Å². The molecule has 4 nitrogen and oxygen atoms in total. The van der Waals surface area contributed by atoms with E-state index in [4.69, 9.17) is 9.97 Å². The molecule has 4 heteroatoms. The van der Waals surface area contributed by atoms with Gasteiger partial charge in [-0.3, -0.25) is 0 Å². The second-order valence-electron chi connectivity index (χ2n) is 15.1. The van der Waals surface area contributed by atoms with Crippen molar-refractivity contribution in [1.82, 2.24) is 9.97 Å². The normalized spacial score (nSPS) is 11.3. The first kappa shape index (κ1) is 35.1. The molecule has 0 amide bonds. The highest BCUT2D eigenvalue weighted by Crippen LogP contribution is 2.42. The summed E-state index contributed by atoms with van der Waals surface area (Å²) in [4.78, 5) is 15.4. The summed E-state index contributed by atoms with van der Waals surface area (Å²) in [6.45, 7) is 0. The Morgan fingerprint density at radius 1 is 0.267 bits per heavy atom. The van der Waals surface area contributed by atoms with Gasteiger partial charge in [-0.15, -0.1) is 0 Å². The molecule has 11 aromatic rings. The number of para-hydroxylation sites is 2. The molecule has 0 aliphatic heterocycles. The van der Waals surface area contributed by atoms with E-state index in [1.165, 1.54) is 21.5 Å². The van der Waals surface area contributed by atoms with Crippen molar-refractivity contribution in [2.45, 2.75) is 0 Å². The Morgan fingerprint density at radius 3 is 1.27 bits per heavy atom. The summed E-state index contributed by atoms with van der Waals surface area (Å²) in [5.41, 5.74) is 11.9. The number of nitrogens with zero attached hydrogens (tertiary/aromatic N) is 4. The zero-order valence-corrected chi connectivity index (χ0v) is 32.7. The Kier molecular flexibility index (Phi) is 8.79. The van der Waals surface area contributed by atoms with Gasteiger partial charge in [-0.2, -0.15) is 0 Å². The van der Waals surface area contributed by atoms with Crippen LogP contribution in [0.25, 0.3) is 65.9 Å². The molecule has 1 aromatic heterocycles. The molecule has 0 spiro atoms. The van der Waals surface area contributed by atoms with Gasteiger partial charge in [0.2, 0.25) is 0 Å². The molecule has 60 heavy (non-hydrogen) atoms. The van der Waals surface area contributed by atoms with E-state index in [-0.39, 0.29) is 0 Å². The number of rotatable bonds is 8. The Labute approximate surface area is 348 Å². The van der Waals surface area contributed by atoms with Crippen molar-refractivity contribution in [3.05, 3.63) is 231 Å². The quantitative estimate of drug-likeness (QED) is 0.144. The first-order chi connectivity index (χ1) is 29.7. The van der Waals surface area contributed by atoms with Crippen molar-refractivity contribution >= 4 is 77.5 Å². The summed E-state index contributed by atoms with van der Waals surface area (Å²) in [6, 6.07) is 81.6. The number of benzene rings is 10.